The summed E-state index contributed by atoms with van der Waals surface area (Å²) < 4.78 is -0.653. The molecule has 0 spiro atoms. The van der Waals surface area contributed by atoms with E-state index >= 15 is 0 Å². The third-order valence-electron chi connectivity index (χ3n) is 5.82. The summed E-state index contributed by atoms with van der Waals surface area (Å²) in [7, 11) is 0. The van der Waals surface area contributed by atoms with Gasteiger partial charge in [-0.05, 0) is 43.3 Å². The number of hydrogen-bond acceptors (Lipinski definition) is 7. The lowest BCUT2D eigenvalue weighted by atomic mass is 9.89. The molecule has 0 aliphatic carbocycles. The Balaban J connectivity index is 1.82. The third kappa shape index (κ3) is 5.87. The predicted octanol–water partition coefficient (Wildman–Crippen LogP) is 6.41. The zero-order valence-electron chi connectivity index (χ0n) is 20.7. The van der Waals surface area contributed by atoms with Crippen molar-refractivity contribution in [2.75, 3.05) is 11.1 Å². The van der Waals surface area contributed by atoms with Gasteiger partial charge in [0.15, 0.2) is 0 Å². The number of nitrogens with zero attached hydrogens (tertiary/aromatic N) is 3. The van der Waals surface area contributed by atoms with Crippen molar-refractivity contribution in [1.29, 1.82) is 0 Å². The molecule has 1 unspecified atom stereocenters. The second kappa shape index (κ2) is 11.5. The molecule has 2 aromatic carbocycles. The first kappa shape index (κ1) is 26.8. The average Bonchev–Trinajstić information content (AvgIpc) is 3.59. The van der Waals surface area contributed by atoms with Crippen LogP contribution in [0.2, 0.25) is 0 Å². The Labute approximate surface area is 228 Å². The predicted molar refractivity (Wildman–Crippen MR) is 151 cm³/mol. The van der Waals surface area contributed by atoms with Gasteiger partial charge in [0.2, 0.25) is 11.0 Å². The van der Waals surface area contributed by atoms with Crippen LogP contribution in [0.15, 0.2) is 83.7 Å². The van der Waals surface area contributed by atoms with E-state index in [0.717, 1.165) is 16.0 Å². The Hall–Kier alpha value is -3.21. The van der Waals surface area contributed by atoms with E-state index in [4.69, 9.17) is 0 Å². The van der Waals surface area contributed by atoms with Crippen LogP contribution in [-0.2, 0) is 9.54 Å². The average molecular weight is 553 g/mol. The van der Waals surface area contributed by atoms with Crippen molar-refractivity contribution < 1.29 is 14.7 Å². The van der Waals surface area contributed by atoms with Crippen molar-refractivity contribution >= 4 is 51.6 Å². The summed E-state index contributed by atoms with van der Waals surface area (Å²) in [6.45, 7) is 5.37. The van der Waals surface area contributed by atoms with Crippen LogP contribution in [0.25, 0.3) is 0 Å². The molecule has 2 aromatic heterocycles. The minimum Gasteiger partial charge on any atom is -0.465 e. The van der Waals surface area contributed by atoms with Gasteiger partial charge in [0.25, 0.3) is 0 Å². The molecule has 0 radical (unpaired) electrons. The molecule has 7 nitrogen and oxygen atoms in total. The molecule has 0 fully saturated rings. The lowest BCUT2D eigenvalue weighted by Gasteiger charge is -2.41. The molecular formula is C27H28N4O3S3. The fourth-order valence-corrected chi connectivity index (χ4v) is 7.44. The van der Waals surface area contributed by atoms with E-state index in [1.807, 2.05) is 47.8 Å². The minimum absolute atomic E-state index is 0.204. The van der Waals surface area contributed by atoms with Crippen LogP contribution in [0, 0.1) is 0 Å². The molecule has 0 aliphatic rings. The lowest BCUT2D eigenvalue weighted by Crippen LogP contribution is -2.57. The summed E-state index contributed by atoms with van der Waals surface area (Å²) in [4.78, 5) is 28.4. The van der Waals surface area contributed by atoms with Gasteiger partial charge in [0, 0.05) is 16.2 Å². The molecule has 0 saturated heterocycles. The topological polar surface area (TPSA) is 95.4 Å². The summed E-state index contributed by atoms with van der Waals surface area (Å²) >= 11 is 4.38. The fraction of sp³-hybridized carbons (Fsp3) is 0.259. The quantitative estimate of drug-likeness (QED) is 0.249. The molecule has 2 heterocycles. The number of hydrogen-bond donors (Lipinski definition) is 2. The molecule has 0 saturated carbocycles. The van der Waals surface area contributed by atoms with Crippen molar-refractivity contribution in [2.45, 2.75) is 37.1 Å². The van der Waals surface area contributed by atoms with E-state index in [1.165, 1.54) is 21.7 Å². The van der Waals surface area contributed by atoms with Gasteiger partial charge in [-0.3, -0.25) is 15.0 Å². The largest absolute Gasteiger partial charge is 0.465 e. The standard InChI is InChI=1S/C27H28N4O3S3/c1-26(2,3)31(25(33)34)21(23(32)29-24-30-28-18-36-24)17-37-27(22-15-10-16-35-22,19-11-6-4-7-12-19)20-13-8-5-9-14-20/h4-16,18,21H,17H2,1-3H3,(H,33,34)(H,29,30,32). The van der Waals surface area contributed by atoms with Gasteiger partial charge < -0.3 is 5.11 Å². The van der Waals surface area contributed by atoms with Crippen molar-refractivity contribution in [3.05, 3.63) is 99.7 Å². The molecule has 10 heteroatoms. The highest BCUT2D eigenvalue weighted by atomic mass is 32.2. The zero-order chi connectivity index (χ0) is 26.5. The van der Waals surface area contributed by atoms with Gasteiger partial charge in [0.1, 0.15) is 11.6 Å². The zero-order valence-corrected chi connectivity index (χ0v) is 23.1. The fourth-order valence-electron chi connectivity index (χ4n) is 4.29. The van der Waals surface area contributed by atoms with Crippen molar-refractivity contribution in [3.8, 4) is 0 Å². The number of aromatic nitrogens is 2. The first-order chi connectivity index (χ1) is 17.7. The SMILES string of the molecule is CC(C)(C)N(C(=O)O)C(CSC(c1ccccc1)(c1ccccc1)c1cccs1)C(=O)Nc1nncs1. The number of nitrogens with one attached hydrogen (secondary N) is 1. The molecule has 1 atom stereocenters. The maximum absolute atomic E-state index is 13.6. The van der Waals surface area contributed by atoms with Gasteiger partial charge in [-0.25, -0.2) is 4.79 Å². The summed E-state index contributed by atoms with van der Waals surface area (Å²) in [5.41, 5.74) is 2.80. The minimum atomic E-state index is -1.16. The Bertz CT molecular complexity index is 1250. The summed E-state index contributed by atoms with van der Waals surface area (Å²) in [6.07, 6.45) is -1.16. The molecule has 37 heavy (non-hydrogen) atoms. The number of thiophene rings is 1. The first-order valence-electron chi connectivity index (χ1n) is 11.6. The third-order valence-corrected chi connectivity index (χ3v) is 9.15. The highest BCUT2D eigenvalue weighted by Gasteiger charge is 2.43. The number of anilines is 1. The molecule has 0 aliphatic heterocycles. The van der Waals surface area contributed by atoms with E-state index in [-0.39, 0.29) is 5.75 Å². The maximum atomic E-state index is 13.6. The first-order valence-corrected chi connectivity index (χ1v) is 14.4. The number of carbonyl (C=O) groups is 2. The Kier molecular flexibility index (Phi) is 8.31. The normalized spacial score (nSPS) is 12.6. The summed E-state index contributed by atoms with van der Waals surface area (Å²) in [6, 6.07) is 23.4. The van der Waals surface area contributed by atoms with E-state index in [0.29, 0.717) is 5.13 Å². The van der Waals surface area contributed by atoms with Crippen molar-refractivity contribution in [2.24, 2.45) is 0 Å². The molecule has 4 aromatic rings. The van der Waals surface area contributed by atoms with Crippen LogP contribution in [-0.4, -0.2) is 49.5 Å². The maximum Gasteiger partial charge on any atom is 0.408 e. The van der Waals surface area contributed by atoms with Gasteiger partial charge in [-0.1, -0.05) is 78.1 Å². The monoisotopic (exact) mass is 552 g/mol. The van der Waals surface area contributed by atoms with E-state index in [1.54, 1.807) is 43.9 Å². The number of carboxylic acid groups (broad SMARTS) is 1. The van der Waals surface area contributed by atoms with Gasteiger partial charge >= 0.3 is 6.09 Å². The van der Waals surface area contributed by atoms with Crippen molar-refractivity contribution in [1.82, 2.24) is 15.1 Å². The molecular weight excluding hydrogens is 525 g/mol. The number of amides is 2. The van der Waals surface area contributed by atoms with Crippen LogP contribution in [0.4, 0.5) is 9.93 Å². The smallest absolute Gasteiger partial charge is 0.408 e. The van der Waals surface area contributed by atoms with E-state index < -0.39 is 28.3 Å². The second-order valence-electron chi connectivity index (χ2n) is 9.27. The van der Waals surface area contributed by atoms with Gasteiger partial charge in [-0.2, -0.15) is 0 Å². The molecule has 4 rings (SSSR count). The number of thioether (sulfide) groups is 1. The summed E-state index contributed by atoms with van der Waals surface area (Å²) in [5, 5.41) is 23.0. The highest BCUT2D eigenvalue weighted by Crippen LogP contribution is 2.50. The second-order valence-corrected chi connectivity index (χ2v) is 12.3. The van der Waals surface area contributed by atoms with E-state index in [2.05, 4.69) is 45.8 Å². The van der Waals surface area contributed by atoms with Crippen LogP contribution in [0.3, 0.4) is 0 Å². The number of benzene rings is 2. The molecule has 192 valence electrons. The lowest BCUT2D eigenvalue weighted by molar-refractivity contribution is -0.121. The van der Waals surface area contributed by atoms with Crippen LogP contribution in [0.5, 0.6) is 0 Å². The van der Waals surface area contributed by atoms with Crippen molar-refractivity contribution in [3.63, 3.8) is 0 Å². The molecule has 2 amide bonds. The van der Waals surface area contributed by atoms with Gasteiger partial charge in [0.05, 0.1) is 4.75 Å². The summed E-state index contributed by atoms with van der Waals surface area (Å²) in [5.74, 6) is -0.238. The Morgan fingerprint density at radius 3 is 2.05 bits per heavy atom. The van der Waals surface area contributed by atoms with E-state index in [9.17, 15) is 14.7 Å². The number of carbonyl (C=O) groups excluding carboxylic acids is 1. The number of rotatable bonds is 9. The molecule has 0 bridgehead atoms. The Morgan fingerprint density at radius 2 is 1.59 bits per heavy atom. The van der Waals surface area contributed by atoms with Crippen LogP contribution >= 0.6 is 34.4 Å². The van der Waals surface area contributed by atoms with Crippen LogP contribution < -0.4 is 5.32 Å². The van der Waals surface area contributed by atoms with Gasteiger partial charge in [-0.15, -0.1) is 33.3 Å². The highest BCUT2D eigenvalue weighted by molar-refractivity contribution is 8.00. The van der Waals surface area contributed by atoms with Crippen LogP contribution in [0.1, 0.15) is 36.8 Å². The Morgan fingerprint density at radius 1 is 0.973 bits per heavy atom. The molecule has 2 N–H and O–H groups in total.